The van der Waals surface area contributed by atoms with Crippen LogP contribution in [0.15, 0.2) is 18.2 Å². The van der Waals surface area contributed by atoms with Gasteiger partial charge in [-0.15, -0.1) is 0 Å². The van der Waals surface area contributed by atoms with Crippen LogP contribution in [-0.2, 0) is 16.1 Å². The molecular weight excluding hydrogens is 246 g/mol. The molecule has 0 spiro atoms. The van der Waals surface area contributed by atoms with E-state index in [-0.39, 0.29) is 12.0 Å². The van der Waals surface area contributed by atoms with E-state index in [2.05, 4.69) is 5.32 Å². The molecule has 0 aromatic heterocycles. The fourth-order valence-electron chi connectivity index (χ4n) is 2.47. The molecule has 5 nitrogen and oxygen atoms in total. The first-order valence-corrected chi connectivity index (χ1v) is 6.27. The highest BCUT2D eigenvalue weighted by Gasteiger charge is 2.31. The maximum absolute atomic E-state index is 11.0. The van der Waals surface area contributed by atoms with Crippen molar-refractivity contribution >= 4 is 5.97 Å². The molecule has 1 fully saturated rings. The number of aliphatic carboxylic acids is 1. The van der Waals surface area contributed by atoms with E-state index in [1.165, 1.54) is 0 Å². The van der Waals surface area contributed by atoms with Crippen molar-refractivity contribution in [3.8, 4) is 5.75 Å². The summed E-state index contributed by atoms with van der Waals surface area (Å²) in [5.41, 5.74) is 2.12. The number of methoxy groups -OCH3 is 2. The largest absolute Gasteiger partial charge is 0.497 e. The molecule has 0 saturated carbocycles. The molecular formula is C14H19NO4. The molecule has 19 heavy (non-hydrogen) atoms. The van der Waals surface area contributed by atoms with Gasteiger partial charge in [0.2, 0.25) is 0 Å². The minimum atomic E-state index is -0.744. The fourth-order valence-corrected chi connectivity index (χ4v) is 2.47. The Kier molecular flexibility index (Phi) is 4.39. The second-order valence-corrected chi connectivity index (χ2v) is 4.73. The van der Waals surface area contributed by atoms with Crippen molar-refractivity contribution in [2.45, 2.75) is 19.1 Å². The van der Waals surface area contributed by atoms with Crippen LogP contribution in [-0.4, -0.2) is 31.8 Å². The molecule has 2 atom stereocenters. The Labute approximate surface area is 112 Å². The third-order valence-corrected chi connectivity index (χ3v) is 3.51. The Bertz CT molecular complexity index is 461. The summed E-state index contributed by atoms with van der Waals surface area (Å²) in [5.74, 6) is -0.298. The van der Waals surface area contributed by atoms with E-state index in [0.717, 1.165) is 16.9 Å². The molecule has 0 amide bonds. The topological polar surface area (TPSA) is 67.8 Å². The highest BCUT2D eigenvalue weighted by atomic mass is 16.5. The van der Waals surface area contributed by atoms with Crippen LogP contribution >= 0.6 is 0 Å². The number of carboxylic acid groups (broad SMARTS) is 1. The van der Waals surface area contributed by atoms with E-state index in [1.54, 1.807) is 14.2 Å². The second-order valence-electron chi connectivity index (χ2n) is 4.73. The van der Waals surface area contributed by atoms with Crippen molar-refractivity contribution in [3.63, 3.8) is 0 Å². The van der Waals surface area contributed by atoms with Gasteiger partial charge >= 0.3 is 5.97 Å². The van der Waals surface area contributed by atoms with Gasteiger partial charge in [-0.25, -0.2) is 0 Å². The SMILES string of the molecule is COCc1ccc(OC)cc1C1CC(C(=O)O)CN1. The van der Waals surface area contributed by atoms with Crippen LogP contribution in [0.25, 0.3) is 0 Å². The van der Waals surface area contributed by atoms with Crippen LogP contribution in [0.1, 0.15) is 23.6 Å². The lowest BCUT2D eigenvalue weighted by molar-refractivity contribution is -0.141. The van der Waals surface area contributed by atoms with Crippen LogP contribution in [0.2, 0.25) is 0 Å². The first kappa shape index (κ1) is 13.8. The predicted octanol–water partition coefficient (Wildman–Crippen LogP) is 1.58. The average molecular weight is 265 g/mol. The molecule has 1 aliphatic heterocycles. The van der Waals surface area contributed by atoms with E-state index in [4.69, 9.17) is 14.6 Å². The summed E-state index contributed by atoms with van der Waals surface area (Å²) in [4.78, 5) is 11.0. The van der Waals surface area contributed by atoms with Crippen molar-refractivity contribution in [3.05, 3.63) is 29.3 Å². The van der Waals surface area contributed by atoms with Gasteiger partial charge in [-0.05, 0) is 29.7 Å². The molecule has 0 radical (unpaired) electrons. The molecule has 1 heterocycles. The summed E-state index contributed by atoms with van der Waals surface area (Å²) < 4.78 is 10.4. The minimum absolute atomic E-state index is 0.0429. The fraction of sp³-hybridized carbons (Fsp3) is 0.500. The molecule has 0 bridgehead atoms. The van der Waals surface area contributed by atoms with Crippen LogP contribution in [0.5, 0.6) is 5.75 Å². The standard InChI is InChI=1S/C14H19NO4/c1-18-8-9-3-4-11(19-2)6-12(9)13-5-10(7-15-13)14(16)17/h3-4,6,10,13,15H,5,7-8H2,1-2H3,(H,16,17). The molecule has 1 saturated heterocycles. The second kappa shape index (κ2) is 6.04. The number of hydrogen-bond donors (Lipinski definition) is 2. The Morgan fingerprint density at radius 3 is 2.84 bits per heavy atom. The zero-order chi connectivity index (χ0) is 13.8. The summed E-state index contributed by atoms with van der Waals surface area (Å²) in [6, 6.07) is 5.85. The van der Waals surface area contributed by atoms with Crippen molar-refractivity contribution in [1.82, 2.24) is 5.32 Å². The lowest BCUT2D eigenvalue weighted by Crippen LogP contribution is -2.18. The van der Waals surface area contributed by atoms with Crippen LogP contribution in [0.4, 0.5) is 0 Å². The van der Waals surface area contributed by atoms with Crippen molar-refractivity contribution in [1.29, 1.82) is 0 Å². The summed E-state index contributed by atoms with van der Waals surface area (Å²) in [5, 5.41) is 12.3. The quantitative estimate of drug-likeness (QED) is 0.846. The predicted molar refractivity (Wildman–Crippen MR) is 70.2 cm³/mol. The van der Waals surface area contributed by atoms with Crippen molar-refractivity contribution in [2.75, 3.05) is 20.8 Å². The maximum atomic E-state index is 11.0. The van der Waals surface area contributed by atoms with Crippen LogP contribution in [0.3, 0.4) is 0 Å². The Balaban J connectivity index is 2.24. The number of nitrogens with one attached hydrogen (secondary N) is 1. The molecule has 5 heteroatoms. The van der Waals surface area contributed by atoms with Gasteiger partial charge in [0.25, 0.3) is 0 Å². The van der Waals surface area contributed by atoms with Gasteiger partial charge in [-0.1, -0.05) is 6.07 Å². The summed E-state index contributed by atoms with van der Waals surface area (Å²) in [7, 11) is 3.27. The Morgan fingerprint density at radius 2 is 2.26 bits per heavy atom. The van der Waals surface area contributed by atoms with Gasteiger partial charge in [0.1, 0.15) is 5.75 Å². The number of carboxylic acids is 1. The van der Waals surface area contributed by atoms with Gasteiger partial charge in [-0.3, -0.25) is 4.79 Å². The van der Waals surface area contributed by atoms with E-state index in [1.807, 2.05) is 18.2 Å². The first-order chi connectivity index (χ1) is 9.15. The number of benzene rings is 1. The molecule has 1 aliphatic rings. The van der Waals surface area contributed by atoms with Crippen LogP contribution in [0, 0.1) is 5.92 Å². The lowest BCUT2D eigenvalue weighted by Gasteiger charge is -2.17. The zero-order valence-corrected chi connectivity index (χ0v) is 11.2. The van der Waals surface area contributed by atoms with E-state index >= 15 is 0 Å². The summed E-state index contributed by atoms with van der Waals surface area (Å²) in [6.45, 7) is 1.01. The van der Waals surface area contributed by atoms with E-state index in [0.29, 0.717) is 19.6 Å². The lowest BCUT2D eigenvalue weighted by atomic mass is 9.96. The smallest absolute Gasteiger partial charge is 0.307 e. The number of ether oxygens (including phenoxy) is 2. The molecule has 0 aliphatic carbocycles. The highest BCUT2D eigenvalue weighted by Crippen LogP contribution is 2.32. The van der Waals surface area contributed by atoms with Crippen molar-refractivity contribution in [2.24, 2.45) is 5.92 Å². The van der Waals surface area contributed by atoms with Gasteiger partial charge in [0.05, 0.1) is 19.6 Å². The Hall–Kier alpha value is -1.59. The number of hydrogen-bond acceptors (Lipinski definition) is 4. The van der Waals surface area contributed by atoms with Crippen molar-refractivity contribution < 1.29 is 19.4 Å². The Morgan fingerprint density at radius 1 is 1.47 bits per heavy atom. The van der Waals surface area contributed by atoms with Gasteiger partial charge in [0, 0.05) is 19.7 Å². The monoisotopic (exact) mass is 265 g/mol. The molecule has 2 unspecified atom stereocenters. The molecule has 1 aromatic rings. The normalized spacial score (nSPS) is 22.4. The molecule has 1 aromatic carbocycles. The first-order valence-electron chi connectivity index (χ1n) is 6.27. The van der Waals surface area contributed by atoms with Gasteiger partial charge in [-0.2, -0.15) is 0 Å². The zero-order valence-electron chi connectivity index (χ0n) is 11.2. The maximum Gasteiger partial charge on any atom is 0.307 e. The number of carbonyl (C=O) groups is 1. The molecule has 104 valence electrons. The summed E-state index contributed by atoms with van der Waals surface area (Å²) >= 11 is 0. The van der Waals surface area contributed by atoms with Gasteiger partial charge in [0.15, 0.2) is 0 Å². The minimum Gasteiger partial charge on any atom is -0.497 e. The third-order valence-electron chi connectivity index (χ3n) is 3.51. The molecule has 2 rings (SSSR count). The third kappa shape index (κ3) is 3.05. The summed E-state index contributed by atoms with van der Waals surface area (Å²) in [6.07, 6.45) is 0.596. The van der Waals surface area contributed by atoms with Crippen LogP contribution < -0.4 is 10.1 Å². The number of rotatable bonds is 5. The van der Waals surface area contributed by atoms with E-state index in [9.17, 15) is 4.79 Å². The van der Waals surface area contributed by atoms with E-state index < -0.39 is 5.97 Å². The average Bonchev–Trinajstić information content (AvgIpc) is 2.89. The van der Waals surface area contributed by atoms with Gasteiger partial charge < -0.3 is 19.9 Å². The highest BCUT2D eigenvalue weighted by molar-refractivity contribution is 5.70. The molecule has 2 N–H and O–H groups in total.